The lowest BCUT2D eigenvalue weighted by Crippen LogP contribution is -2.17. The number of nitrogens with one attached hydrogen (secondary N) is 2. The second-order valence-corrected chi connectivity index (χ2v) is 9.56. The average Bonchev–Trinajstić information content (AvgIpc) is 3.09. The SMILES string of the molecule is COC(=O)c1cc(NC(=O)c2ccccc2-c2ccccc2C(=O)Nc2cc(C(=O)OC)cc(C(=O)OC)c2)cc(C(=O)OC)c1. The van der Waals surface area contributed by atoms with Crippen LogP contribution in [0.25, 0.3) is 11.1 Å². The molecule has 0 heterocycles. The maximum atomic E-state index is 13.6. The highest BCUT2D eigenvalue weighted by molar-refractivity contribution is 6.14. The van der Waals surface area contributed by atoms with Gasteiger partial charge in [-0.2, -0.15) is 0 Å². The Balaban J connectivity index is 1.71. The van der Waals surface area contributed by atoms with Crippen molar-refractivity contribution >= 4 is 47.1 Å². The van der Waals surface area contributed by atoms with Crippen molar-refractivity contribution in [3.8, 4) is 11.1 Å². The van der Waals surface area contributed by atoms with Gasteiger partial charge in [0, 0.05) is 22.5 Å². The second-order valence-electron chi connectivity index (χ2n) is 9.56. The molecule has 0 atom stereocenters. The molecule has 0 unspecified atom stereocenters. The first-order chi connectivity index (χ1) is 22.1. The van der Waals surface area contributed by atoms with Gasteiger partial charge in [-0.15, -0.1) is 0 Å². The highest BCUT2D eigenvalue weighted by Crippen LogP contribution is 2.29. The molecule has 0 bridgehead atoms. The van der Waals surface area contributed by atoms with Gasteiger partial charge in [0.25, 0.3) is 11.8 Å². The molecule has 46 heavy (non-hydrogen) atoms. The summed E-state index contributed by atoms with van der Waals surface area (Å²) in [6.45, 7) is 0. The van der Waals surface area contributed by atoms with Gasteiger partial charge in [-0.3, -0.25) is 9.59 Å². The van der Waals surface area contributed by atoms with E-state index in [0.29, 0.717) is 11.1 Å². The molecule has 12 heteroatoms. The van der Waals surface area contributed by atoms with Gasteiger partial charge in [-0.05, 0) is 59.7 Å². The molecular weight excluding hydrogens is 596 g/mol. The number of carbonyl (C=O) groups is 6. The lowest BCUT2D eigenvalue weighted by Gasteiger charge is -2.15. The molecule has 12 nitrogen and oxygen atoms in total. The molecule has 4 aromatic rings. The van der Waals surface area contributed by atoms with Gasteiger partial charge in [0.2, 0.25) is 0 Å². The molecule has 0 spiro atoms. The first-order valence-corrected chi connectivity index (χ1v) is 13.5. The zero-order chi connectivity index (χ0) is 33.4. The van der Waals surface area contributed by atoms with Crippen molar-refractivity contribution in [2.45, 2.75) is 0 Å². The Hall–Kier alpha value is -6.30. The van der Waals surface area contributed by atoms with Gasteiger partial charge in [0.15, 0.2) is 0 Å². The fraction of sp³-hybridized carbons (Fsp3) is 0.118. The Labute approximate surface area is 263 Å². The van der Waals surface area contributed by atoms with Crippen LogP contribution in [0.5, 0.6) is 0 Å². The van der Waals surface area contributed by atoms with E-state index in [4.69, 9.17) is 18.9 Å². The number of hydrogen-bond acceptors (Lipinski definition) is 10. The second kappa shape index (κ2) is 14.4. The van der Waals surface area contributed by atoms with E-state index in [-0.39, 0.29) is 44.8 Å². The topological polar surface area (TPSA) is 163 Å². The van der Waals surface area contributed by atoms with E-state index in [0.717, 1.165) is 0 Å². The van der Waals surface area contributed by atoms with E-state index in [1.54, 1.807) is 48.5 Å². The first-order valence-electron chi connectivity index (χ1n) is 13.5. The van der Waals surface area contributed by atoms with Crippen LogP contribution >= 0.6 is 0 Å². The third kappa shape index (κ3) is 7.25. The lowest BCUT2D eigenvalue weighted by atomic mass is 9.94. The van der Waals surface area contributed by atoms with Gasteiger partial charge in [0.1, 0.15) is 0 Å². The van der Waals surface area contributed by atoms with E-state index in [2.05, 4.69) is 10.6 Å². The van der Waals surface area contributed by atoms with Crippen LogP contribution in [0.15, 0.2) is 84.9 Å². The van der Waals surface area contributed by atoms with Crippen LogP contribution in [0.2, 0.25) is 0 Å². The molecule has 4 aromatic carbocycles. The minimum atomic E-state index is -0.725. The Morgan fingerprint density at radius 2 is 0.717 bits per heavy atom. The zero-order valence-electron chi connectivity index (χ0n) is 25.2. The van der Waals surface area contributed by atoms with E-state index in [1.807, 2.05) is 0 Å². The van der Waals surface area contributed by atoms with Crippen LogP contribution in [0, 0.1) is 0 Å². The summed E-state index contributed by atoms with van der Waals surface area (Å²) in [5.74, 6) is -4.10. The number of anilines is 2. The van der Waals surface area contributed by atoms with Gasteiger partial charge in [-0.1, -0.05) is 36.4 Å². The van der Waals surface area contributed by atoms with Crippen LogP contribution in [-0.4, -0.2) is 64.1 Å². The minimum absolute atomic E-state index is 0.0163. The number of ether oxygens (including phenoxy) is 4. The third-order valence-corrected chi connectivity index (χ3v) is 6.70. The van der Waals surface area contributed by atoms with Crippen molar-refractivity contribution in [3.63, 3.8) is 0 Å². The predicted octanol–water partition coefficient (Wildman–Crippen LogP) is 5.00. The number of benzene rings is 4. The van der Waals surface area contributed by atoms with Gasteiger partial charge in [-0.25, -0.2) is 19.2 Å². The smallest absolute Gasteiger partial charge is 0.337 e. The van der Waals surface area contributed by atoms with Crippen LogP contribution in [-0.2, 0) is 18.9 Å². The molecule has 0 aliphatic heterocycles. The molecule has 0 saturated heterocycles. The van der Waals surface area contributed by atoms with Gasteiger partial charge >= 0.3 is 23.9 Å². The number of esters is 4. The van der Waals surface area contributed by atoms with Crippen molar-refractivity contribution in [2.24, 2.45) is 0 Å². The van der Waals surface area contributed by atoms with Crippen molar-refractivity contribution in [1.29, 1.82) is 0 Å². The van der Waals surface area contributed by atoms with E-state index >= 15 is 0 Å². The summed E-state index contributed by atoms with van der Waals surface area (Å²) in [7, 11) is 4.73. The minimum Gasteiger partial charge on any atom is -0.465 e. The van der Waals surface area contributed by atoms with Crippen molar-refractivity contribution in [3.05, 3.63) is 118 Å². The van der Waals surface area contributed by atoms with Gasteiger partial charge < -0.3 is 29.6 Å². The largest absolute Gasteiger partial charge is 0.465 e. The Morgan fingerprint density at radius 1 is 0.435 bits per heavy atom. The van der Waals surface area contributed by atoms with Crippen molar-refractivity contribution in [1.82, 2.24) is 0 Å². The monoisotopic (exact) mass is 624 g/mol. The summed E-state index contributed by atoms with van der Waals surface area (Å²) in [6.07, 6.45) is 0. The Bertz CT molecular complexity index is 1660. The number of methoxy groups -OCH3 is 4. The van der Waals surface area contributed by atoms with E-state index in [1.165, 1.54) is 64.8 Å². The van der Waals surface area contributed by atoms with E-state index < -0.39 is 35.7 Å². The summed E-state index contributed by atoms with van der Waals surface area (Å²) >= 11 is 0. The van der Waals surface area contributed by atoms with Gasteiger partial charge in [0.05, 0.1) is 50.7 Å². The number of amides is 2. The first kappa shape index (κ1) is 32.6. The maximum absolute atomic E-state index is 13.6. The molecule has 234 valence electrons. The molecule has 0 saturated carbocycles. The number of hydrogen-bond donors (Lipinski definition) is 2. The van der Waals surface area contributed by atoms with Crippen molar-refractivity contribution < 1.29 is 47.7 Å². The predicted molar refractivity (Wildman–Crippen MR) is 166 cm³/mol. The molecule has 0 aliphatic carbocycles. The standard InChI is InChI=1S/C34H28N2O10/c1-43-31(39)19-13-20(32(40)44-2)16-23(15-19)35-29(37)27-11-7-5-9-25(27)26-10-6-8-12-28(26)30(38)36-24-17-21(33(41)45-3)14-22(18-24)34(42)46-4/h5-18H,1-4H3,(H,35,37)(H,36,38). The molecule has 0 aliphatic rings. The van der Waals surface area contributed by atoms with Crippen LogP contribution in [0.4, 0.5) is 11.4 Å². The quantitative estimate of drug-likeness (QED) is 0.191. The zero-order valence-corrected chi connectivity index (χ0v) is 25.2. The highest BCUT2D eigenvalue weighted by Gasteiger charge is 2.21. The van der Waals surface area contributed by atoms with Crippen LogP contribution in [0.3, 0.4) is 0 Å². The average molecular weight is 625 g/mol. The normalized spacial score (nSPS) is 10.3. The van der Waals surface area contributed by atoms with E-state index in [9.17, 15) is 28.8 Å². The Morgan fingerprint density at radius 3 is 1.00 bits per heavy atom. The fourth-order valence-corrected chi connectivity index (χ4v) is 4.57. The fourth-order valence-electron chi connectivity index (χ4n) is 4.57. The molecule has 2 N–H and O–H groups in total. The molecule has 0 aromatic heterocycles. The molecule has 4 rings (SSSR count). The molecule has 0 fully saturated rings. The summed E-state index contributed by atoms with van der Waals surface area (Å²) in [5.41, 5.74) is 1.44. The summed E-state index contributed by atoms with van der Waals surface area (Å²) in [5, 5.41) is 5.40. The Kier molecular flexibility index (Phi) is 10.2. The number of carbonyl (C=O) groups excluding carboxylic acids is 6. The summed E-state index contributed by atoms with van der Waals surface area (Å²) in [6, 6.07) is 21.0. The lowest BCUT2D eigenvalue weighted by molar-refractivity contribution is 0.0581. The maximum Gasteiger partial charge on any atom is 0.337 e. The third-order valence-electron chi connectivity index (χ3n) is 6.70. The van der Waals surface area contributed by atoms with Crippen LogP contribution in [0.1, 0.15) is 62.1 Å². The number of rotatable bonds is 9. The van der Waals surface area contributed by atoms with Crippen molar-refractivity contribution in [2.75, 3.05) is 39.1 Å². The highest BCUT2D eigenvalue weighted by atomic mass is 16.5. The van der Waals surface area contributed by atoms with Crippen LogP contribution < -0.4 is 10.6 Å². The molecule has 0 radical (unpaired) electrons. The summed E-state index contributed by atoms with van der Waals surface area (Å²) in [4.78, 5) is 76.1. The molecular formula is C34H28N2O10. The summed E-state index contributed by atoms with van der Waals surface area (Å²) < 4.78 is 19.1. The molecule has 2 amide bonds.